The minimum atomic E-state index is -0.00789. The number of aromatic nitrogens is 2. The molecule has 144 valence electrons. The second kappa shape index (κ2) is 7.40. The van der Waals surface area contributed by atoms with Crippen LogP contribution in [0.15, 0.2) is 60.8 Å². The maximum absolute atomic E-state index is 5.79. The number of nitrogens with zero attached hydrogens (tertiary/aromatic N) is 3. The molecule has 4 nitrogen and oxygen atoms in total. The molecule has 0 aliphatic carbocycles. The zero-order valence-electron chi connectivity index (χ0n) is 16.8. The molecule has 0 bridgehead atoms. The van der Waals surface area contributed by atoms with Crippen LogP contribution in [0.1, 0.15) is 54.5 Å². The van der Waals surface area contributed by atoms with Crippen molar-refractivity contribution in [2.75, 3.05) is 4.90 Å². The highest BCUT2D eigenvalue weighted by Gasteiger charge is 2.41. The molecule has 1 saturated heterocycles. The van der Waals surface area contributed by atoms with Crippen LogP contribution < -0.4 is 10.2 Å². The molecule has 1 fully saturated rings. The molecule has 0 radical (unpaired) electrons. The third-order valence-electron chi connectivity index (χ3n) is 5.65. The summed E-state index contributed by atoms with van der Waals surface area (Å²) in [6.07, 6.45) is 1.84. The highest BCUT2D eigenvalue weighted by atomic mass is 32.1. The number of rotatable bonds is 4. The highest BCUT2D eigenvalue weighted by molar-refractivity contribution is 7.80. The van der Waals surface area contributed by atoms with Crippen LogP contribution in [0.2, 0.25) is 0 Å². The van der Waals surface area contributed by atoms with Crippen LogP contribution in [0.5, 0.6) is 0 Å². The van der Waals surface area contributed by atoms with Gasteiger partial charge >= 0.3 is 0 Å². The minimum absolute atomic E-state index is 0.00789. The van der Waals surface area contributed by atoms with E-state index in [1.54, 1.807) is 0 Å². The van der Waals surface area contributed by atoms with E-state index in [4.69, 9.17) is 12.2 Å². The predicted octanol–water partition coefficient (Wildman–Crippen LogP) is 5.03. The van der Waals surface area contributed by atoms with Crippen LogP contribution >= 0.6 is 12.2 Å². The van der Waals surface area contributed by atoms with Gasteiger partial charge in [-0.15, -0.1) is 0 Å². The molecule has 4 rings (SSSR count). The summed E-state index contributed by atoms with van der Waals surface area (Å²) >= 11 is 5.79. The molecule has 0 unspecified atom stereocenters. The first kappa shape index (κ1) is 18.7. The molecule has 0 spiro atoms. The molecular formula is C23H26N4S. The molecule has 1 aromatic carbocycles. The highest BCUT2D eigenvalue weighted by Crippen LogP contribution is 2.41. The van der Waals surface area contributed by atoms with Crippen molar-refractivity contribution in [2.45, 2.75) is 38.8 Å². The maximum Gasteiger partial charge on any atom is 0.174 e. The summed E-state index contributed by atoms with van der Waals surface area (Å²) < 4.78 is 2.24. The second-order valence-corrected chi connectivity index (χ2v) is 8.09. The number of hydrogen-bond donors (Lipinski definition) is 1. The van der Waals surface area contributed by atoms with Gasteiger partial charge in [0.25, 0.3) is 0 Å². The van der Waals surface area contributed by atoms with Gasteiger partial charge in [-0.25, -0.2) is 0 Å². The van der Waals surface area contributed by atoms with Gasteiger partial charge in [0.05, 0.1) is 11.7 Å². The molecule has 0 amide bonds. The van der Waals surface area contributed by atoms with Gasteiger partial charge in [-0.3, -0.25) is 4.98 Å². The van der Waals surface area contributed by atoms with Crippen LogP contribution in [0, 0.1) is 6.92 Å². The van der Waals surface area contributed by atoms with E-state index < -0.39 is 0 Å². The van der Waals surface area contributed by atoms with E-state index in [1.165, 1.54) is 17.0 Å². The summed E-state index contributed by atoms with van der Waals surface area (Å²) in [5, 5.41) is 4.26. The summed E-state index contributed by atoms with van der Waals surface area (Å²) in [6.45, 7) is 6.55. The molecule has 3 aromatic rings. The SMILES string of the molecule is Cc1ccc([C@H]2[C@@H](c3ccccn3)NC(=S)N2c2ccc(C(C)C)cc2)n1C. The standard InChI is InChI=1S/C23H26N4S/c1-15(2)17-9-11-18(12-10-17)27-22(20-13-8-16(3)26(20)4)21(25-23(27)28)19-7-5-6-14-24-19/h5-15,21-22H,1-4H3,(H,25,28)/t21-,22+/m1/s1. The van der Waals surface area contributed by atoms with Crippen molar-refractivity contribution in [3.05, 3.63) is 83.4 Å². The van der Waals surface area contributed by atoms with Gasteiger partial charge in [-0.2, -0.15) is 0 Å². The normalized spacial score (nSPS) is 19.3. The Morgan fingerprint density at radius 3 is 2.36 bits per heavy atom. The predicted molar refractivity (Wildman–Crippen MR) is 119 cm³/mol. The first-order valence-electron chi connectivity index (χ1n) is 9.70. The number of benzene rings is 1. The van der Waals surface area contributed by atoms with Crippen molar-refractivity contribution in [3.63, 3.8) is 0 Å². The maximum atomic E-state index is 5.79. The van der Waals surface area contributed by atoms with Gasteiger partial charge in [0.1, 0.15) is 6.04 Å². The zero-order chi connectivity index (χ0) is 19.8. The van der Waals surface area contributed by atoms with Gasteiger partial charge in [0.15, 0.2) is 5.11 Å². The van der Waals surface area contributed by atoms with Crippen LogP contribution in [0.3, 0.4) is 0 Å². The lowest BCUT2D eigenvalue weighted by Crippen LogP contribution is -2.30. The lowest BCUT2D eigenvalue weighted by atomic mass is 9.99. The first-order valence-corrected chi connectivity index (χ1v) is 10.1. The quantitative estimate of drug-likeness (QED) is 0.634. The van der Waals surface area contributed by atoms with Gasteiger partial charge in [0.2, 0.25) is 0 Å². The van der Waals surface area contributed by atoms with Gasteiger partial charge in [-0.1, -0.05) is 32.0 Å². The van der Waals surface area contributed by atoms with E-state index in [9.17, 15) is 0 Å². The Morgan fingerprint density at radius 2 is 1.79 bits per heavy atom. The summed E-state index contributed by atoms with van der Waals surface area (Å²) in [5.74, 6) is 0.505. The molecule has 0 saturated carbocycles. The number of nitrogens with one attached hydrogen (secondary N) is 1. The molecule has 2 atom stereocenters. The van der Waals surface area contributed by atoms with Crippen LogP contribution in [-0.2, 0) is 7.05 Å². The Morgan fingerprint density at radius 1 is 1.04 bits per heavy atom. The number of thiocarbonyl (C=S) groups is 1. The smallest absolute Gasteiger partial charge is 0.174 e. The Bertz CT molecular complexity index is 976. The second-order valence-electron chi connectivity index (χ2n) is 7.70. The fraction of sp³-hybridized carbons (Fsp3) is 0.304. The minimum Gasteiger partial charge on any atom is -0.351 e. The first-order chi connectivity index (χ1) is 13.5. The van der Waals surface area contributed by atoms with E-state index in [0.717, 1.165) is 16.5 Å². The Balaban J connectivity index is 1.81. The summed E-state index contributed by atoms with van der Waals surface area (Å²) in [7, 11) is 2.11. The average molecular weight is 391 g/mol. The number of aryl methyl sites for hydroxylation is 1. The Labute approximate surface area is 172 Å². The fourth-order valence-electron chi connectivity index (χ4n) is 3.88. The van der Waals surface area contributed by atoms with Crippen molar-refractivity contribution in [1.82, 2.24) is 14.9 Å². The lowest BCUT2D eigenvalue weighted by Gasteiger charge is -2.28. The molecule has 1 aliphatic rings. The van der Waals surface area contributed by atoms with E-state index in [2.05, 4.69) is 90.1 Å². The van der Waals surface area contributed by atoms with Crippen molar-refractivity contribution in [3.8, 4) is 0 Å². The lowest BCUT2D eigenvalue weighted by molar-refractivity contribution is 0.539. The third-order valence-corrected chi connectivity index (χ3v) is 5.97. The summed E-state index contributed by atoms with van der Waals surface area (Å²) in [5.41, 5.74) is 5.87. The molecule has 3 heterocycles. The Hall–Kier alpha value is -2.66. The van der Waals surface area contributed by atoms with Gasteiger partial charge in [-0.05, 0) is 67.0 Å². The fourth-order valence-corrected chi connectivity index (χ4v) is 4.23. The average Bonchev–Trinajstić information content (AvgIpc) is 3.22. The molecule has 28 heavy (non-hydrogen) atoms. The van der Waals surface area contributed by atoms with Crippen molar-refractivity contribution >= 4 is 23.0 Å². The zero-order valence-corrected chi connectivity index (χ0v) is 17.6. The van der Waals surface area contributed by atoms with Crippen LogP contribution in [0.4, 0.5) is 5.69 Å². The van der Waals surface area contributed by atoms with Crippen LogP contribution in [-0.4, -0.2) is 14.7 Å². The Kier molecular flexibility index (Phi) is 4.94. The molecular weight excluding hydrogens is 364 g/mol. The number of pyridine rings is 1. The third kappa shape index (κ3) is 3.20. The van der Waals surface area contributed by atoms with Crippen LogP contribution in [0.25, 0.3) is 0 Å². The molecule has 1 aliphatic heterocycles. The van der Waals surface area contributed by atoms with Crippen molar-refractivity contribution in [2.24, 2.45) is 7.05 Å². The summed E-state index contributed by atoms with van der Waals surface area (Å²) in [4.78, 5) is 6.84. The van der Waals surface area contributed by atoms with Crippen molar-refractivity contribution in [1.29, 1.82) is 0 Å². The summed E-state index contributed by atoms with van der Waals surface area (Å²) in [6, 6.07) is 19.2. The van der Waals surface area contributed by atoms with E-state index >= 15 is 0 Å². The molecule has 2 aromatic heterocycles. The largest absolute Gasteiger partial charge is 0.351 e. The van der Waals surface area contributed by atoms with Crippen molar-refractivity contribution < 1.29 is 0 Å². The molecule has 1 N–H and O–H groups in total. The van der Waals surface area contributed by atoms with E-state index in [0.29, 0.717) is 5.92 Å². The number of anilines is 1. The van der Waals surface area contributed by atoms with Gasteiger partial charge in [0, 0.05) is 30.3 Å². The topological polar surface area (TPSA) is 33.1 Å². The molecule has 5 heteroatoms. The van der Waals surface area contributed by atoms with E-state index in [1.807, 2.05) is 18.3 Å². The van der Waals surface area contributed by atoms with Gasteiger partial charge < -0.3 is 14.8 Å². The monoisotopic (exact) mass is 390 g/mol. The van der Waals surface area contributed by atoms with E-state index in [-0.39, 0.29) is 12.1 Å². The number of hydrogen-bond acceptors (Lipinski definition) is 2.